The van der Waals surface area contributed by atoms with Gasteiger partial charge < -0.3 is 9.80 Å². The number of carbonyl (C=O) groups is 2. The standard InChI is InChI=1S/C14H25N3O2/c1-15-7-9-17(10-8-15)14(19)11-16(2)12-3-5-13(18)6-4-12/h12H,3-11H2,1-2H3. The average Bonchev–Trinajstić information content (AvgIpc) is 2.40. The molecule has 1 amide bonds. The van der Waals surface area contributed by atoms with Crippen molar-refractivity contribution >= 4 is 11.7 Å². The first-order chi connectivity index (χ1) is 9.06. The molecule has 0 radical (unpaired) electrons. The van der Waals surface area contributed by atoms with E-state index in [2.05, 4.69) is 16.8 Å². The lowest BCUT2D eigenvalue weighted by Crippen LogP contribution is -2.51. The summed E-state index contributed by atoms with van der Waals surface area (Å²) in [7, 11) is 4.10. The number of hydrogen-bond donors (Lipinski definition) is 0. The zero-order valence-corrected chi connectivity index (χ0v) is 12.1. The van der Waals surface area contributed by atoms with E-state index in [9.17, 15) is 9.59 Å². The van der Waals surface area contributed by atoms with Crippen molar-refractivity contribution < 1.29 is 9.59 Å². The Bertz CT molecular complexity index is 328. The Balaban J connectivity index is 1.76. The zero-order chi connectivity index (χ0) is 13.8. The van der Waals surface area contributed by atoms with Gasteiger partial charge in [-0.2, -0.15) is 0 Å². The van der Waals surface area contributed by atoms with Crippen LogP contribution in [0.1, 0.15) is 25.7 Å². The third-order valence-electron chi connectivity index (χ3n) is 4.38. The highest BCUT2D eigenvalue weighted by Gasteiger charge is 2.25. The van der Waals surface area contributed by atoms with Crippen LogP contribution in [0.4, 0.5) is 0 Å². The first kappa shape index (κ1) is 14.5. The summed E-state index contributed by atoms with van der Waals surface area (Å²) in [5.74, 6) is 0.600. The van der Waals surface area contributed by atoms with Crippen molar-refractivity contribution in [2.24, 2.45) is 0 Å². The van der Waals surface area contributed by atoms with Gasteiger partial charge in [-0.15, -0.1) is 0 Å². The first-order valence-corrected chi connectivity index (χ1v) is 7.24. The van der Waals surface area contributed by atoms with Crippen molar-refractivity contribution in [2.45, 2.75) is 31.7 Å². The quantitative estimate of drug-likeness (QED) is 0.733. The van der Waals surface area contributed by atoms with Crippen LogP contribution in [0.3, 0.4) is 0 Å². The molecular formula is C14H25N3O2. The summed E-state index contributed by atoms with van der Waals surface area (Å²) in [6.45, 7) is 4.10. The number of piperazine rings is 1. The highest BCUT2D eigenvalue weighted by atomic mass is 16.2. The van der Waals surface area contributed by atoms with Gasteiger partial charge in [-0.1, -0.05) is 0 Å². The van der Waals surface area contributed by atoms with E-state index >= 15 is 0 Å². The van der Waals surface area contributed by atoms with Gasteiger partial charge in [0.1, 0.15) is 5.78 Å². The molecular weight excluding hydrogens is 242 g/mol. The summed E-state index contributed by atoms with van der Waals surface area (Å²) in [6, 6.07) is 0.397. The van der Waals surface area contributed by atoms with E-state index in [1.165, 1.54) is 0 Å². The molecule has 1 aliphatic carbocycles. The summed E-state index contributed by atoms with van der Waals surface area (Å²) in [6.07, 6.45) is 3.17. The van der Waals surface area contributed by atoms with Crippen LogP contribution in [-0.2, 0) is 9.59 Å². The fraction of sp³-hybridized carbons (Fsp3) is 0.857. The van der Waals surface area contributed by atoms with E-state index in [1.54, 1.807) is 0 Å². The van der Waals surface area contributed by atoms with Crippen LogP contribution in [0.15, 0.2) is 0 Å². The summed E-state index contributed by atoms with van der Waals surface area (Å²) >= 11 is 0. The van der Waals surface area contributed by atoms with E-state index in [1.807, 2.05) is 11.9 Å². The lowest BCUT2D eigenvalue weighted by atomic mass is 9.93. The predicted molar refractivity (Wildman–Crippen MR) is 74.0 cm³/mol. The number of Topliss-reactive ketones (excluding diaryl/α,β-unsaturated/α-hetero) is 1. The smallest absolute Gasteiger partial charge is 0.236 e. The molecule has 0 aromatic carbocycles. The van der Waals surface area contributed by atoms with Gasteiger partial charge in [0.2, 0.25) is 5.91 Å². The maximum atomic E-state index is 12.2. The minimum absolute atomic E-state index is 0.229. The highest BCUT2D eigenvalue weighted by molar-refractivity contribution is 5.80. The van der Waals surface area contributed by atoms with E-state index in [4.69, 9.17) is 0 Å². The maximum absolute atomic E-state index is 12.2. The lowest BCUT2D eigenvalue weighted by molar-refractivity contribution is -0.134. The van der Waals surface area contributed by atoms with Crippen LogP contribution in [0.2, 0.25) is 0 Å². The number of likely N-dealkylation sites (N-methyl/N-ethyl adjacent to an activating group) is 2. The Labute approximate surface area is 115 Å². The minimum Gasteiger partial charge on any atom is -0.339 e. The monoisotopic (exact) mass is 267 g/mol. The maximum Gasteiger partial charge on any atom is 0.236 e. The fourth-order valence-electron chi connectivity index (χ4n) is 2.86. The topological polar surface area (TPSA) is 43.9 Å². The Morgan fingerprint density at radius 2 is 1.79 bits per heavy atom. The molecule has 0 spiro atoms. The Hall–Kier alpha value is -0.940. The molecule has 108 valence electrons. The van der Waals surface area contributed by atoms with Crippen LogP contribution >= 0.6 is 0 Å². The molecule has 1 saturated carbocycles. The largest absolute Gasteiger partial charge is 0.339 e. The second-order valence-corrected chi connectivity index (χ2v) is 5.87. The predicted octanol–water partition coefficient (Wildman–Crippen LogP) is 0.204. The van der Waals surface area contributed by atoms with Crippen molar-refractivity contribution in [3.8, 4) is 0 Å². The fourth-order valence-corrected chi connectivity index (χ4v) is 2.86. The molecule has 2 aliphatic rings. The third kappa shape index (κ3) is 4.01. The molecule has 1 aliphatic heterocycles. The van der Waals surface area contributed by atoms with Gasteiger partial charge in [0.25, 0.3) is 0 Å². The van der Waals surface area contributed by atoms with E-state index in [0.717, 1.165) is 39.0 Å². The van der Waals surface area contributed by atoms with Gasteiger partial charge in [0.05, 0.1) is 6.54 Å². The molecule has 0 bridgehead atoms. The van der Waals surface area contributed by atoms with Gasteiger partial charge in [-0.25, -0.2) is 0 Å². The van der Waals surface area contributed by atoms with Gasteiger partial charge in [-0.05, 0) is 26.9 Å². The van der Waals surface area contributed by atoms with Crippen molar-refractivity contribution in [2.75, 3.05) is 46.8 Å². The second-order valence-electron chi connectivity index (χ2n) is 5.87. The van der Waals surface area contributed by atoms with Gasteiger partial charge in [0, 0.05) is 45.1 Å². The number of hydrogen-bond acceptors (Lipinski definition) is 4. The van der Waals surface area contributed by atoms with E-state index in [0.29, 0.717) is 31.2 Å². The minimum atomic E-state index is 0.229. The number of amides is 1. The van der Waals surface area contributed by atoms with Crippen LogP contribution in [0, 0.1) is 0 Å². The SMILES string of the molecule is CN1CCN(C(=O)CN(C)C2CCC(=O)CC2)CC1. The van der Waals surface area contributed by atoms with Crippen LogP contribution < -0.4 is 0 Å². The van der Waals surface area contributed by atoms with Gasteiger partial charge >= 0.3 is 0 Å². The Kier molecular flexibility index (Phi) is 4.93. The summed E-state index contributed by atoms with van der Waals surface area (Å²) in [4.78, 5) is 29.8. The first-order valence-electron chi connectivity index (χ1n) is 7.24. The van der Waals surface area contributed by atoms with E-state index in [-0.39, 0.29) is 5.91 Å². The van der Waals surface area contributed by atoms with Crippen molar-refractivity contribution in [3.63, 3.8) is 0 Å². The molecule has 5 heteroatoms. The zero-order valence-electron chi connectivity index (χ0n) is 12.1. The van der Waals surface area contributed by atoms with E-state index < -0.39 is 0 Å². The summed E-state index contributed by atoms with van der Waals surface area (Å²) in [5.41, 5.74) is 0. The lowest BCUT2D eigenvalue weighted by Gasteiger charge is -2.35. The van der Waals surface area contributed by atoms with Crippen molar-refractivity contribution in [1.29, 1.82) is 0 Å². The third-order valence-corrected chi connectivity index (χ3v) is 4.38. The molecule has 0 N–H and O–H groups in total. The number of ketones is 1. The molecule has 19 heavy (non-hydrogen) atoms. The molecule has 0 unspecified atom stereocenters. The van der Waals surface area contributed by atoms with Crippen molar-refractivity contribution in [3.05, 3.63) is 0 Å². The molecule has 2 fully saturated rings. The summed E-state index contributed by atoms with van der Waals surface area (Å²) in [5, 5.41) is 0. The highest BCUT2D eigenvalue weighted by Crippen LogP contribution is 2.19. The number of nitrogens with zero attached hydrogens (tertiary/aromatic N) is 3. The van der Waals surface area contributed by atoms with Gasteiger partial charge in [-0.3, -0.25) is 14.5 Å². The molecule has 1 saturated heterocycles. The van der Waals surface area contributed by atoms with Gasteiger partial charge in [0.15, 0.2) is 0 Å². The molecule has 2 rings (SSSR count). The molecule has 0 aromatic rings. The van der Waals surface area contributed by atoms with Crippen LogP contribution in [-0.4, -0.2) is 79.3 Å². The molecule has 5 nitrogen and oxygen atoms in total. The Morgan fingerprint density at radius 1 is 1.21 bits per heavy atom. The average molecular weight is 267 g/mol. The number of carbonyl (C=O) groups excluding carboxylic acids is 2. The molecule has 0 aromatic heterocycles. The molecule has 0 atom stereocenters. The summed E-state index contributed by atoms with van der Waals surface area (Å²) < 4.78 is 0. The molecule has 1 heterocycles. The van der Waals surface area contributed by atoms with Crippen molar-refractivity contribution in [1.82, 2.24) is 14.7 Å². The van der Waals surface area contributed by atoms with Crippen LogP contribution in [0.5, 0.6) is 0 Å². The van der Waals surface area contributed by atoms with Crippen LogP contribution in [0.25, 0.3) is 0 Å². The normalized spacial score (nSPS) is 23.1. The number of rotatable bonds is 3. The Morgan fingerprint density at radius 3 is 2.37 bits per heavy atom. The second kappa shape index (κ2) is 6.48.